The van der Waals surface area contributed by atoms with Crippen LogP contribution in [0.5, 0.6) is 0 Å². The van der Waals surface area contributed by atoms with Gasteiger partial charge in [-0.25, -0.2) is 4.79 Å². The Bertz CT molecular complexity index is 706. The number of ether oxygens (including phenoxy) is 1. The molecule has 1 saturated heterocycles. The Morgan fingerprint density at radius 2 is 2.00 bits per heavy atom. The third-order valence-electron chi connectivity index (χ3n) is 4.88. The number of carbonyl (C=O) groups is 2. The van der Waals surface area contributed by atoms with Crippen molar-refractivity contribution in [1.82, 2.24) is 4.90 Å². The van der Waals surface area contributed by atoms with Crippen LogP contribution in [-0.2, 0) is 14.3 Å². The zero-order valence-electron chi connectivity index (χ0n) is 13.9. The number of anilines is 1. The molecule has 0 aliphatic carbocycles. The SMILES string of the molecule is CCN1CCC2(CC1)OC(=O)C(C)=C2C(=O)Nc1ccccc1Br. The lowest BCUT2D eigenvalue weighted by atomic mass is 9.82. The molecular weight excluding hydrogens is 372 g/mol. The van der Waals surface area contributed by atoms with Gasteiger partial charge in [0.1, 0.15) is 5.60 Å². The summed E-state index contributed by atoms with van der Waals surface area (Å²) in [6.45, 7) is 6.40. The number of rotatable bonds is 3. The number of nitrogens with one attached hydrogen (secondary N) is 1. The van der Waals surface area contributed by atoms with Crippen molar-refractivity contribution in [2.24, 2.45) is 0 Å². The predicted molar refractivity (Wildman–Crippen MR) is 95.6 cm³/mol. The monoisotopic (exact) mass is 392 g/mol. The molecule has 128 valence electrons. The van der Waals surface area contributed by atoms with Crippen LogP contribution < -0.4 is 5.32 Å². The van der Waals surface area contributed by atoms with Gasteiger partial charge in [0.05, 0.1) is 11.3 Å². The number of hydrogen-bond acceptors (Lipinski definition) is 4. The van der Waals surface area contributed by atoms with E-state index in [0.29, 0.717) is 29.7 Å². The Morgan fingerprint density at radius 3 is 2.62 bits per heavy atom. The number of benzene rings is 1. The predicted octanol–water partition coefficient (Wildman–Crippen LogP) is 3.12. The molecule has 1 spiro atoms. The van der Waals surface area contributed by atoms with E-state index < -0.39 is 5.60 Å². The molecule has 2 heterocycles. The van der Waals surface area contributed by atoms with Gasteiger partial charge in [0, 0.05) is 36.0 Å². The average molecular weight is 393 g/mol. The van der Waals surface area contributed by atoms with Crippen LogP contribution in [0.3, 0.4) is 0 Å². The van der Waals surface area contributed by atoms with Crippen molar-refractivity contribution in [2.45, 2.75) is 32.3 Å². The van der Waals surface area contributed by atoms with E-state index in [0.717, 1.165) is 24.1 Å². The summed E-state index contributed by atoms with van der Waals surface area (Å²) in [7, 11) is 0. The second kappa shape index (κ2) is 6.69. The fourth-order valence-corrected chi connectivity index (χ4v) is 3.84. The van der Waals surface area contributed by atoms with Crippen molar-refractivity contribution in [3.05, 3.63) is 39.9 Å². The number of hydrogen-bond donors (Lipinski definition) is 1. The summed E-state index contributed by atoms with van der Waals surface area (Å²) in [4.78, 5) is 27.4. The molecule has 1 aromatic carbocycles. The summed E-state index contributed by atoms with van der Waals surface area (Å²) < 4.78 is 6.49. The molecule has 0 radical (unpaired) electrons. The quantitative estimate of drug-likeness (QED) is 0.802. The standard InChI is InChI=1S/C18H21BrN2O3/c1-3-21-10-8-18(9-11-21)15(12(2)17(23)24-18)16(22)20-14-7-5-4-6-13(14)19/h4-7H,3,8-11H2,1-2H3,(H,20,22). The molecule has 1 amide bonds. The van der Waals surface area contributed by atoms with Crippen LogP contribution in [0.15, 0.2) is 39.9 Å². The summed E-state index contributed by atoms with van der Waals surface area (Å²) in [5, 5.41) is 2.91. The van der Waals surface area contributed by atoms with Crippen LogP contribution in [0.2, 0.25) is 0 Å². The van der Waals surface area contributed by atoms with Gasteiger partial charge in [0.2, 0.25) is 0 Å². The van der Waals surface area contributed by atoms with E-state index in [2.05, 4.69) is 33.1 Å². The number of nitrogens with zero attached hydrogens (tertiary/aromatic N) is 1. The van der Waals surface area contributed by atoms with E-state index in [1.165, 1.54) is 0 Å². The van der Waals surface area contributed by atoms with Gasteiger partial charge in [-0.2, -0.15) is 0 Å². The molecule has 0 unspecified atom stereocenters. The Hall–Kier alpha value is -1.66. The molecule has 5 nitrogen and oxygen atoms in total. The molecule has 0 saturated carbocycles. The van der Waals surface area contributed by atoms with Crippen molar-refractivity contribution >= 4 is 33.5 Å². The fourth-order valence-electron chi connectivity index (χ4n) is 3.46. The molecule has 0 atom stereocenters. The first-order valence-corrected chi connectivity index (χ1v) is 8.99. The second-order valence-electron chi connectivity index (χ2n) is 6.25. The summed E-state index contributed by atoms with van der Waals surface area (Å²) in [6, 6.07) is 7.42. The Kier molecular flexibility index (Phi) is 4.78. The topological polar surface area (TPSA) is 58.6 Å². The molecule has 6 heteroatoms. The van der Waals surface area contributed by atoms with Crippen molar-refractivity contribution in [2.75, 3.05) is 25.0 Å². The molecule has 1 N–H and O–H groups in total. The van der Waals surface area contributed by atoms with Gasteiger partial charge in [0.25, 0.3) is 5.91 Å². The highest BCUT2D eigenvalue weighted by atomic mass is 79.9. The molecule has 3 rings (SSSR count). The van der Waals surface area contributed by atoms with Crippen molar-refractivity contribution in [3.63, 3.8) is 0 Å². The summed E-state index contributed by atoms with van der Waals surface area (Å²) in [5.41, 5.74) is 0.810. The third kappa shape index (κ3) is 3.00. The highest BCUT2D eigenvalue weighted by Crippen LogP contribution is 2.41. The lowest BCUT2D eigenvalue weighted by Crippen LogP contribution is -2.47. The normalized spacial score (nSPS) is 20.4. The molecule has 1 aromatic rings. The minimum absolute atomic E-state index is 0.254. The van der Waals surface area contributed by atoms with E-state index in [9.17, 15) is 9.59 Å². The number of para-hydroxylation sites is 1. The zero-order valence-corrected chi connectivity index (χ0v) is 15.5. The molecule has 2 aliphatic rings. The smallest absolute Gasteiger partial charge is 0.335 e. The number of halogens is 1. The van der Waals surface area contributed by atoms with Crippen LogP contribution in [0.25, 0.3) is 0 Å². The molecule has 0 bridgehead atoms. The minimum Gasteiger partial charge on any atom is -0.450 e. The van der Waals surface area contributed by atoms with Crippen LogP contribution in [0, 0.1) is 0 Å². The summed E-state index contributed by atoms with van der Waals surface area (Å²) >= 11 is 3.43. The van der Waals surface area contributed by atoms with Gasteiger partial charge in [-0.15, -0.1) is 0 Å². The number of piperidine rings is 1. The maximum absolute atomic E-state index is 12.9. The van der Waals surface area contributed by atoms with Crippen molar-refractivity contribution in [1.29, 1.82) is 0 Å². The first-order chi connectivity index (χ1) is 11.5. The average Bonchev–Trinajstić information content (AvgIpc) is 2.81. The van der Waals surface area contributed by atoms with E-state index in [1.54, 1.807) is 6.92 Å². The third-order valence-corrected chi connectivity index (χ3v) is 5.58. The molecule has 2 aliphatic heterocycles. The molecule has 0 aromatic heterocycles. The van der Waals surface area contributed by atoms with Gasteiger partial charge in [-0.1, -0.05) is 19.1 Å². The number of likely N-dealkylation sites (tertiary alicyclic amines) is 1. The lowest BCUT2D eigenvalue weighted by molar-refractivity contribution is -0.150. The minimum atomic E-state index is -0.780. The highest BCUT2D eigenvalue weighted by Gasteiger charge is 2.50. The lowest BCUT2D eigenvalue weighted by Gasteiger charge is -2.39. The molecule has 24 heavy (non-hydrogen) atoms. The van der Waals surface area contributed by atoms with Gasteiger partial charge in [0.15, 0.2) is 0 Å². The van der Waals surface area contributed by atoms with Crippen LogP contribution in [-0.4, -0.2) is 42.0 Å². The Labute approximate surface area is 150 Å². The van der Waals surface area contributed by atoms with Crippen LogP contribution in [0.1, 0.15) is 26.7 Å². The maximum atomic E-state index is 12.9. The van der Waals surface area contributed by atoms with Gasteiger partial charge in [-0.05, 0) is 41.5 Å². The van der Waals surface area contributed by atoms with E-state index in [-0.39, 0.29) is 11.9 Å². The van der Waals surface area contributed by atoms with Gasteiger partial charge >= 0.3 is 5.97 Å². The number of amides is 1. The molecule has 1 fully saturated rings. The van der Waals surface area contributed by atoms with Crippen molar-refractivity contribution in [3.8, 4) is 0 Å². The first kappa shape index (κ1) is 17.2. The van der Waals surface area contributed by atoms with Crippen LogP contribution >= 0.6 is 15.9 Å². The molecular formula is C18H21BrN2O3. The second-order valence-corrected chi connectivity index (χ2v) is 7.11. The largest absolute Gasteiger partial charge is 0.450 e. The number of carbonyl (C=O) groups excluding carboxylic acids is 2. The van der Waals surface area contributed by atoms with E-state index >= 15 is 0 Å². The summed E-state index contributed by atoms with van der Waals surface area (Å²) in [5.74, 6) is -0.632. The maximum Gasteiger partial charge on any atom is 0.335 e. The van der Waals surface area contributed by atoms with E-state index in [4.69, 9.17) is 4.74 Å². The fraction of sp³-hybridized carbons (Fsp3) is 0.444. The summed E-state index contributed by atoms with van der Waals surface area (Å²) in [6.07, 6.45) is 1.31. The van der Waals surface area contributed by atoms with Gasteiger partial charge in [-0.3, -0.25) is 4.79 Å². The van der Waals surface area contributed by atoms with Crippen molar-refractivity contribution < 1.29 is 14.3 Å². The van der Waals surface area contributed by atoms with Gasteiger partial charge < -0.3 is 15.0 Å². The first-order valence-electron chi connectivity index (χ1n) is 8.20. The Balaban J connectivity index is 1.87. The van der Waals surface area contributed by atoms with E-state index in [1.807, 2.05) is 24.3 Å². The van der Waals surface area contributed by atoms with Crippen LogP contribution in [0.4, 0.5) is 5.69 Å². The number of esters is 1. The highest BCUT2D eigenvalue weighted by molar-refractivity contribution is 9.10. The zero-order chi connectivity index (χ0) is 17.3. The Morgan fingerprint density at radius 1 is 1.33 bits per heavy atom.